The van der Waals surface area contributed by atoms with Gasteiger partial charge in [-0.25, -0.2) is 15.0 Å². The Hall–Kier alpha value is -2.31. The highest BCUT2D eigenvalue weighted by atomic mass is 35.5. The van der Waals surface area contributed by atoms with Gasteiger partial charge in [-0.2, -0.15) is 0 Å². The molecule has 3 heterocycles. The maximum Gasteiger partial charge on any atom is 0.208 e. The number of halogens is 1. The Labute approximate surface area is 190 Å². The second kappa shape index (κ2) is 9.88. The Morgan fingerprint density at radius 1 is 1.32 bits per heavy atom. The van der Waals surface area contributed by atoms with Crippen molar-refractivity contribution in [3.8, 4) is 11.8 Å². The molecule has 0 spiro atoms. The molecule has 162 valence electrons. The Bertz CT molecular complexity index is 1130. The Morgan fingerprint density at radius 2 is 2.19 bits per heavy atom. The van der Waals surface area contributed by atoms with E-state index in [-0.39, 0.29) is 5.37 Å². The molecule has 31 heavy (non-hydrogen) atoms. The third-order valence-electron chi connectivity index (χ3n) is 5.02. The summed E-state index contributed by atoms with van der Waals surface area (Å²) in [4.78, 5) is 13.7. The van der Waals surface area contributed by atoms with Gasteiger partial charge in [0.05, 0.1) is 12.4 Å². The van der Waals surface area contributed by atoms with Gasteiger partial charge in [0.1, 0.15) is 11.5 Å². The molecule has 1 aliphatic heterocycles. The number of nitrogens with zero attached hydrogens (tertiary/aromatic N) is 4. The first-order valence-electron chi connectivity index (χ1n) is 10.3. The molecule has 3 aromatic rings. The molecule has 0 aliphatic carbocycles. The normalized spacial score (nSPS) is 20.6. The molecule has 0 amide bonds. The minimum Gasteiger partial charge on any atom is -0.389 e. The fraction of sp³-hybridized carbons (Fsp3) is 0.409. The van der Waals surface area contributed by atoms with Crippen LogP contribution >= 0.6 is 23.4 Å². The van der Waals surface area contributed by atoms with Crippen LogP contribution < -0.4 is 5.32 Å². The van der Waals surface area contributed by atoms with Crippen molar-refractivity contribution in [2.45, 2.75) is 50.3 Å². The number of imidazole rings is 1. The van der Waals surface area contributed by atoms with E-state index in [0.29, 0.717) is 40.1 Å². The van der Waals surface area contributed by atoms with Crippen LogP contribution in [-0.2, 0) is 6.54 Å². The Morgan fingerprint density at radius 3 is 2.94 bits per heavy atom. The average Bonchev–Trinajstić information content (AvgIpc) is 3.33. The van der Waals surface area contributed by atoms with Crippen molar-refractivity contribution in [1.82, 2.24) is 19.5 Å². The van der Waals surface area contributed by atoms with Gasteiger partial charge in [0, 0.05) is 23.7 Å². The molecule has 1 aromatic carbocycles. The number of anilines is 1. The summed E-state index contributed by atoms with van der Waals surface area (Å²) >= 11 is 7.57. The molecule has 0 saturated carbocycles. The van der Waals surface area contributed by atoms with Gasteiger partial charge in [0.2, 0.25) is 5.82 Å². The summed E-state index contributed by atoms with van der Waals surface area (Å²) in [5.74, 6) is 7.61. The number of thioether (sulfide) groups is 1. The second-order valence-electron chi connectivity index (χ2n) is 7.39. The number of fused-ring (bicyclic) bond motifs is 1. The standard InChI is InChI=1S/C22H24ClN5O2S/c1-2-3-4-5-9-17-26-20(24-11-14-7-6-8-15(23)10-14)18-21(27-17)28(13-25-18)22-19(30)16(29)12-31-22/h6-8,10,13,16,19,22,29-30H,2-4,11-12H2,1H3,(H,24,26,27)/t16-,19-,22-/m1/s1. The van der Waals surface area contributed by atoms with Crippen LogP contribution in [0.1, 0.15) is 42.9 Å². The van der Waals surface area contributed by atoms with E-state index in [1.54, 1.807) is 10.9 Å². The van der Waals surface area contributed by atoms with E-state index in [0.717, 1.165) is 24.8 Å². The number of hydrogen-bond donors (Lipinski definition) is 3. The molecular weight excluding hydrogens is 434 g/mol. The lowest BCUT2D eigenvalue weighted by molar-refractivity contribution is 0.0313. The lowest BCUT2D eigenvalue weighted by Crippen LogP contribution is -2.27. The van der Waals surface area contributed by atoms with Crippen molar-refractivity contribution in [1.29, 1.82) is 0 Å². The predicted molar refractivity (Wildman–Crippen MR) is 124 cm³/mol. The number of aromatic nitrogens is 4. The molecule has 2 aromatic heterocycles. The molecule has 0 unspecified atom stereocenters. The first-order valence-corrected chi connectivity index (χ1v) is 11.7. The molecule has 7 nitrogen and oxygen atoms in total. The summed E-state index contributed by atoms with van der Waals surface area (Å²) < 4.78 is 1.80. The molecule has 3 atom stereocenters. The first-order chi connectivity index (χ1) is 15.1. The van der Waals surface area contributed by atoms with E-state index in [4.69, 9.17) is 11.6 Å². The minimum absolute atomic E-state index is 0.364. The van der Waals surface area contributed by atoms with Crippen LogP contribution in [0.15, 0.2) is 30.6 Å². The van der Waals surface area contributed by atoms with Crippen LogP contribution in [0.5, 0.6) is 0 Å². The fourth-order valence-corrected chi connectivity index (χ4v) is 4.85. The van der Waals surface area contributed by atoms with Crippen LogP contribution in [0.4, 0.5) is 5.82 Å². The molecule has 0 bridgehead atoms. The molecular formula is C22H24ClN5O2S. The van der Waals surface area contributed by atoms with E-state index in [1.165, 1.54) is 11.8 Å². The Balaban J connectivity index is 1.69. The van der Waals surface area contributed by atoms with Crippen molar-refractivity contribution in [2.75, 3.05) is 11.1 Å². The molecule has 3 N–H and O–H groups in total. The van der Waals surface area contributed by atoms with Crippen molar-refractivity contribution in [2.24, 2.45) is 0 Å². The van der Waals surface area contributed by atoms with Gasteiger partial charge in [0.25, 0.3) is 0 Å². The van der Waals surface area contributed by atoms with E-state index < -0.39 is 12.2 Å². The van der Waals surface area contributed by atoms with Gasteiger partial charge in [0.15, 0.2) is 17.0 Å². The van der Waals surface area contributed by atoms with E-state index in [2.05, 4.69) is 39.0 Å². The predicted octanol–water partition coefficient (Wildman–Crippen LogP) is 3.60. The molecule has 4 rings (SSSR count). The maximum atomic E-state index is 10.4. The van der Waals surface area contributed by atoms with Crippen molar-refractivity contribution in [3.05, 3.63) is 47.0 Å². The molecule has 1 fully saturated rings. The quantitative estimate of drug-likeness (QED) is 0.384. The molecule has 1 aliphatic rings. The van der Waals surface area contributed by atoms with Crippen LogP contribution in [0.2, 0.25) is 5.02 Å². The highest BCUT2D eigenvalue weighted by molar-refractivity contribution is 7.99. The highest BCUT2D eigenvalue weighted by Crippen LogP contribution is 2.38. The smallest absolute Gasteiger partial charge is 0.208 e. The molecule has 9 heteroatoms. The zero-order chi connectivity index (χ0) is 21.8. The number of aliphatic hydroxyl groups is 2. The van der Waals surface area contributed by atoms with Crippen molar-refractivity contribution >= 4 is 40.3 Å². The second-order valence-corrected chi connectivity index (χ2v) is 8.98. The number of aliphatic hydroxyl groups excluding tert-OH is 2. The van der Waals surface area contributed by atoms with E-state index in [1.807, 2.05) is 24.3 Å². The minimum atomic E-state index is -0.890. The molecule has 0 radical (unpaired) electrons. The number of benzene rings is 1. The van der Waals surface area contributed by atoms with Crippen LogP contribution in [0.3, 0.4) is 0 Å². The van der Waals surface area contributed by atoms with Crippen LogP contribution in [0.25, 0.3) is 11.2 Å². The zero-order valence-electron chi connectivity index (χ0n) is 17.1. The summed E-state index contributed by atoms with van der Waals surface area (Å²) in [6.45, 7) is 2.64. The Kier molecular flexibility index (Phi) is 6.98. The average molecular weight is 458 g/mol. The largest absolute Gasteiger partial charge is 0.389 e. The summed E-state index contributed by atoms with van der Waals surface area (Å²) in [6, 6.07) is 7.61. The molecule has 1 saturated heterocycles. The van der Waals surface area contributed by atoms with Crippen molar-refractivity contribution in [3.63, 3.8) is 0 Å². The number of rotatable bonds is 6. The summed E-state index contributed by atoms with van der Waals surface area (Å²) in [7, 11) is 0. The highest BCUT2D eigenvalue weighted by Gasteiger charge is 2.36. The van der Waals surface area contributed by atoms with Gasteiger partial charge >= 0.3 is 0 Å². The van der Waals surface area contributed by atoms with E-state index in [9.17, 15) is 10.2 Å². The monoisotopic (exact) mass is 457 g/mol. The first kappa shape index (κ1) is 21.9. The lowest BCUT2D eigenvalue weighted by atomic mass is 10.2. The summed E-state index contributed by atoms with van der Waals surface area (Å²) in [6.07, 6.45) is 2.86. The topological polar surface area (TPSA) is 96.1 Å². The van der Waals surface area contributed by atoms with Gasteiger partial charge < -0.3 is 15.5 Å². The van der Waals surface area contributed by atoms with Gasteiger partial charge in [-0.05, 0) is 30.0 Å². The van der Waals surface area contributed by atoms with Gasteiger partial charge in [-0.15, -0.1) is 11.8 Å². The number of unbranched alkanes of at least 4 members (excludes halogenated alkanes) is 2. The SMILES string of the molecule is CCCCC#Cc1nc(NCc2cccc(Cl)c2)c2ncn([C@@H]3SC[C@@H](O)[C@H]3O)c2n1. The third-order valence-corrected chi connectivity index (χ3v) is 6.64. The summed E-state index contributed by atoms with van der Waals surface area (Å²) in [5, 5.41) is 24.0. The fourth-order valence-electron chi connectivity index (χ4n) is 3.35. The van der Waals surface area contributed by atoms with Crippen LogP contribution in [0, 0.1) is 11.8 Å². The number of hydrogen-bond acceptors (Lipinski definition) is 7. The van der Waals surface area contributed by atoms with Gasteiger partial charge in [-0.1, -0.05) is 43.0 Å². The van der Waals surface area contributed by atoms with Crippen LogP contribution in [-0.4, -0.2) is 47.7 Å². The van der Waals surface area contributed by atoms with E-state index >= 15 is 0 Å². The maximum absolute atomic E-state index is 10.4. The number of nitrogens with one attached hydrogen (secondary N) is 1. The van der Waals surface area contributed by atoms with Crippen molar-refractivity contribution < 1.29 is 10.2 Å². The summed E-state index contributed by atoms with van der Waals surface area (Å²) in [5.41, 5.74) is 2.18. The third kappa shape index (κ3) is 4.96. The zero-order valence-corrected chi connectivity index (χ0v) is 18.7. The lowest BCUT2D eigenvalue weighted by Gasteiger charge is -2.17. The van der Waals surface area contributed by atoms with Gasteiger partial charge in [-0.3, -0.25) is 4.57 Å².